The topological polar surface area (TPSA) is 63.9 Å². The van der Waals surface area contributed by atoms with Gasteiger partial charge < -0.3 is 9.90 Å². The van der Waals surface area contributed by atoms with Crippen LogP contribution >= 0.6 is 11.6 Å². The lowest BCUT2D eigenvalue weighted by atomic mass is 10.0. The average Bonchev–Trinajstić information content (AvgIpc) is 2.38. The molecule has 2 rings (SSSR count). The molecule has 0 fully saturated rings. The number of hydrogen-bond acceptors (Lipinski definition) is 3. The van der Waals surface area contributed by atoms with Gasteiger partial charge in [-0.2, -0.15) is 5.26 Å². The fourth-order valence-corrected chi connectivity index (χ4v) is 1.83. The van der Waals surface area contributed by atoms with Gasteiger partial charge in [-0.1, -0.05) is 35.9 Å². The molecule has 3 nitrogen and oxygen atoms in total. The molecule has 0 atom stereocenters. The zero-order valence-electron chi connectivity index (χ0n) is 9.18. The Hall–Kier alpha value is -2.31. The van der Waals surface area contributed by atoms with Crippen LogP contribution in [0.5, 0.6) is 0 Å². The van der Waals surface area contributed by atoms with Gasteiger partial charge in [-0.15, -0.1) is 0 Å². The molecule has 18 heavy (non-hydrogen) atoms. The lowest BCUT2D eigenvalue weighted by Crippen LogP contribution is -2.22. The lowest BCUT2D eigenvalue weighted by Gasteiger charge is -2.07. The van der Waals surface area contributed by atoms with Crippen LogP contribution in [-0.4, -0.2) is 5.97 Å². The van der Waals surface area contributed by atoms with Gasteiger partial charge in [-0.3, -0.25) is 0 Å². The summed E-state index contributed by atoms with van der Waals surface area (Å²) in [6, 6.07) is 13.3. The van der Waals surface area contributed by atoms with Crippen molar-refractivity contribution < 1.29 is 9.90 Å². The second kappa shape index (κ2) is 4.91. The molecule has 0 amide bonds. The van der Waals surface area contributed by atoms with E-state index in [9.17, 15) is 9.90 Å². The van der Waals surface area contributed by atoms with Crippen LogP contribution in [-0.2, 0) is 0 Å². The average molecular weight is 257 g/mol. The minimum absolute atomic E-state index is 0.105. The first-order valence-corrected chi connectivity index (χ1v) is 5.51. The van der Waals surface area contributed by atoms with Gasteiger partial charge in [0.25, 0.3) is 0 Å². The van der Waals surface area contributed by atoms with Crippen LogP contribution < -0.4 is 5.11 Å². The summed E-state index contributed by atoms with van der Waals surface area (Å²) in [6.07, 6.45) is 0. The minimum atomic E-state index is -1.23. The Labute approximate surface area is 109 Å². The number of hydrogen-bond donors (Lipinski definition) is 0. The summed E-state index contributed by atoms with van der Waals surface area (Å²) < 4.78 is 0. The summed E-state index contributed by atoms with van der Waals surface area (Å²) in [6.45, 7) is 0. The number of carbonyl (C=O) groups excluding carboxylic acids is 1. The molecule has 0 unspecified atom stereocenters. The molecule has 0 bridgehead atoms. The molecule has 0 aliphatic rings. The van der Waals surface area contributed by atoms with Crippen LogP contribution in [0.4, 0.5) is 0 Å². The first-order valence-electron chi connectivity index (χ1n) is 5.13. The molecule has 0 heterocycles. The molecule has 0 saturated carbocycles. The zero-order chi connectivity index (χ0) is 13.1. The number of benzene rings is 2. The Bertz CT molecular complexity index is 659. The Morgan fingerprint density at radius 1 is 1.17 bits per heavy atom. The predicted octanol–water partition coefficient (Wildman–Crippen LogP) is 2.24. The Balaban J connectivity index is 2.49. The van der Waals surface area contributed by atoms with Crippen molar-refractivity contribution in [3.05, 3.63) is 58.6 Å². The number of rotatable bonds is 2. The Morgan fingerprint density at radius 2 is 1.89 bits per heavy atom. The molecular weight excluding hydrogens is 250 g/mol. The van der Waals surface area contributed by atoms with E-state index in [1.54, 1.807) is 30.3 Å². The number of carboxylic acids is 1. The van der Waals surface area contributed by atoms with E-state index in [0.717, 1.165) is 5.56 Å². The number of nitrogens with zero attached hydrogens (tertiary/aromatic N) is 1. The zero-order valence-corrected chi connectivity index (χ0v) is 9.94. The number of carboxylic acid groups (broad SMARTS) is 1. The molecule has 0 radical (unpaired) electrons. The summed E-state index contributed by atoms with van der Waals surface area (Å²) in [7, 11) is 0. The number of nitriles is 1. The molecule has 2 aromatic rings. The van der Waals surface area contributed by atoms with Crippen LogP contribution in [0.25, 0.3) is 11.1 Å². The third kappa shape index (κ3) is 2.34. The minimum Gasteiger partial charge on any atom is -0.545 e. The normalized spacial score (nSPS) is 9.78. The summed E-state index contributed by atoms with van der Waals surface area (Å²) in [5.74, 6) is -1.23. The first-order chi connectivity index (χ1) is 8.61. The van der Waals surface area contributed by atoms with Crippen molar-refractivity contribution in [3.63, 3.8) is 0 Å². The quantitative estimate of drug-likeness (QED) is 0.828. The van der Waals surface area contributed by atoms with E-state index in [1.165, 1.54) is 12.1 Å². The lowest BCUT2D eigenvalue weighted by molar-refractivity contribution is -0.255. The van der Waals surface area contributed by atoms with Crippen LogP contribution in [0.15, 0.2) is 42.5 Å². The Kier molecular flexibility index (Phi) is 3.31. The monoisotopic (exact) mass is 256 g/mol. The van der Waals surface area contributed by atoms with Gasteiger partial charge in [-0.05, 0) is 34.9 Å². The molecule has 4 heteroatoms. The number of aromatic carboxylic acids is 1. The van der Waals surface area contributed by atoms with Gasteiger partial charge in [0, 0.05) is 0 Å². The highest BCUT2D eigenvalue weighted by Gasteiger charge is 2.04. The molecular formula is C14H7ClNO2-. The second-order valence-corrected chi connectivity index (χ2v) is 4.08. The van der Waals surface area contributed by atoms with Gasteiger partial charge >= 0.3 is 0 Å². The van der Waals surface area contributed by atoms with E-state index in [2.05, 4.69) is 0 Å². The van der Waals surface area contributed by atoms with Gasteiger partial charge in [0.15, 0.2) is 0 Å². The maximum Gasteiger partial charge on any atom is 0.101 e. The van der Waals surface area contributed by atoms with Crippen LogP contribution in [0.2, 0.25) is 5.02 Å². The fourth-order valence-electron chi connectivity index (χ4n) is 1.61. The summed E-state index contributed by atoms with van der Waals surface area (Å²) >= 11 is 5.93. The highest BCUT2D eigenvalue weighted by molar-refractivity contribution is 6.32. The van der Waals surface area contributed by atoms with Crippen molar-refractivity contribution >= 4 is 17.6 Å². The van der Waals surface area contributed by atoms with E-state index in [-0.39, 0.29) is 5.56 Å². The third-order valence-electron chi connectivity index (χ3n) is 2.52. The Morgan fingerprint density at radius 3 is 2.50 bits per heavy atom. The summed E-state index contributed by atoms with van der Waals surface area (Å²) in [5, 5.41) is 19.9. The van der Waals surface area contributed by atoms with Crippen LogP contribution in [0.3, 0.4) is 0 Å². The molecule has 2 aromatic carbocycles. The van der Waals surface area contributed by atoms with Crippen molar-refractivity contribution in [1.82, 2.24) is 0 Å². The van der Waals surface area contributed by atoms with E-state index in [1.807, 2.05) is 6.07 Å². The van der Waals surface area contributed by atoms with Crippen molar-refractivity contribution in [2.45, 2.75) is 0 Å². The first kappa shape index (κ1) is 12.2. The largest absolute Gasteiger partial charge is 0.545 e. The van der Waals surface area contributed by atoms with Crippen LogP contribution in [0, 0.1) is 11.3 Å². The number of halogens is 1. The van der Waals surface area contributed by atoms with E-state index in [0.29, 0.717) is 16.1 Å². The van der Waals surface area contributed by atoms with Crippen molar-refractivity contribution in [1.29, 1.82) is 5.26 Å². The molecule has 0 aliphatic carbocycles. The molecule has 0 spiro atoms. The van der Waals surface area contributed by atoms with E-state index >= 15 is 0 Å². The van der Waals surface area contributed by atoms with E-state index in [4.69, 9.17) is 16.9 Å². The molecule has 88 valence electrons. The fraction of sp³-hybridized carbons (Fsp3) is 0. The summed E-state index contributed by atoms with van der Waals surface area (Å²) in [5.41, 5.74) is 1.95. The highest BCUT2D eigenvalue weighted by atomic mass is 35.5. The molecule has 0 N–H and O–H groups in total. The standard InChI is InChI=1S/C14H8ClNO2/c15-13-7-10(4-5-12(13)8-16)9-2-1-3-11(6-9)14(17)18/h1-7H,(H,17,18)/p-1. The molecule has 0 aliphatic heterocycles. The molecule has 0 saturated heterocycles. The van der Waals surface area contributed by atoms with Crippen molar-refractivity contribution in [2.75, 3.05) is 0 Å². The summed E-state index contributed by atoms with van der Waals surface area (Å²) in [4.78, 5) is 10.8. The SMILES string of the molecule is N#Cc1ccc(-c2cccc(C(=O)[O-])c2)cc1Cl. The third-order valence-corrected chi connectivity index (χ3v) is 2.83. The van der Waals surface area contributed by atoms with Gasteiger partial charge in [0.05, 0.1) is 16.6 Å². The van der Waals surface area contributed by atoms with Gasteiger partial charge in [-0.25, -0.2) is 0 Å². The van der Waals surface area contributed by atoms with E-state index < -0.39 is 5.97 Å². The molecule has 0 aromatic heterocycles. The highest BCUT2D eigenvalue weighted by Crippen LogP contribution is 2.25. The maximum absolute atomic E-state index is 10.8. The van der Waals surface area contributed by atoms with Crippen molar-refractivity contribution in [2.24, 2.45) is 0 Å². The maximum atomic E-state index is 10.8. The van der Waals surface area contributed by atoms with Gasteiger partial charge in [0.1, 0.15) is 6.07 Å². The van der Waals surface area contributed by atoms with Crippen molar-refractivity contribution in [3.8, 4) is 17.2 Å². The smallest absolute Gasteiger partial charge is 0.101 e. The number of carbonyl (C=O) groups is 1. The van der Waals surface area contributed by atoms with Gasteiger partial charge in [0.2, 0.25) is 0 Å². The predicted molar refractivity (Wildman–Crippen MR) is 65.9 cm³/mol. The second-order valence-electron chi connectivity index (χ2n) is 3.67. The van der Waals surface area contributed by atoms with Crippen LogP contribution in [0.1, 0.15) is 15.9 Å².